The number of hydrogen-bond acceptors (Lipinski definition) is 4. The van der Waals surface area contributed by atoms with Crippen molar-refractivity contribution in [3.8, 4) is 0 Å². The highest BCUT2D eigenvalue weighted by Gasteiger charge is 2.16. The Bertz CT molecular complexity index is 691. The molecule has 0 spiro atoms. The van der Waals surface area contributed by atoms with E-state index in [1.807, 2.05) is 6.07 Å². The fourth-order valence-corrected chi connectivity index (χ4v) is 2.12. The standard InChI is InChI=1S/C14H13N3O3/c1-8-6-12(20-17-8)14(19)15-10-3-4-11-9(7-10)2-5-13(18)16-11/h3-4,6-7H,2,5H2,1H3,(H,15,19)(H,16,18). The summed E-state index contributed by atoms with van der Waals surface area (Å²) in [6.07, 6.45) is 1.14. The summed E-state index contributed by atoms with van der Waals surface area (Å²) >= 11 is 0. The predicted octanol–water partition coefficient (Wildman–Crippen LogP) is 2.12. The summed E-state index contributed by atoms with van der Waals surface area (Å²) in [6, 6.07) is 6.96. The molecule has 1 aliphatic heterocycles. The highest BCUT2D eigenvalue weighted by atomic mass is 16.5. The van der Waals surface area contributed by atoms with E-state index in [1.54, 1.807) is 25.1 Å². The van der Waals surface area contributed by atoms with Gasteiger partial charge in [-0.2, -0.15) is 0 Å². The molecule has 0 atom stereocenters. The maximum absolute atomic E-state index is 11.9. The number of amides is 2. The number of anilines is 2. The van der Waals surface area contributed by atoms with Gasteiger partial charge in [0, 0.05) is 23.9 Å². The molecule has 0 fully saturated rings. The molecule has 0 saturated heterocycles. The number of aryl methyl sites for hydroxylation is 2. The van der Waals surface area contributed by atoms with Crippen molar-refractivity contribution >= 4 is 23.2 Å². The van der Waals surface area contributed by atoms with E-state index in [1.165, 1.54) is 0 Å². The SMILES string of the molecule is Cc1cc(C(=O)Nc2ccc3c(c2)CCC(=O)N3)on1. The Morgan fingerprint density at radius 1 is 1.35 bits per heavy atom. The Kier molecular flexibility index (Phi) is 2.98. The van der Waals surface area contributed by atoms with Crippen LogP contribution in [0.1, 0.15) is 28.2 Å². The largest absolute Gasteiger partial charge is 0.351 e. The van der Waals surface area contributed by atoms with Gasteiger partial charge < -0.3 is 15.2 Å². The number of carbonyl (C=O) groups excluding carboxylic acids is 2. The molecule has 0 unspecified atom stereocenters. The van der Waals surface area contributed by atoms with Crippen LogP contribution in [0.5, 0.6) is 0 Å². The molecule has 1 aromatic heterocycles. The molecule has 3 rings (SSSR count). The fraction of sp³-hybridized carbons (Fsp3) is 0.214. The molecule has 1 aromatic carbocycles. The van der Waals surface area contributed by atoms with Gasteiger partial charge in [-0.1, -0.05) is 5.16 Å². The van der Waals surface area contributed by atoms with Crippen LogP contribution >= 0.6 is 0 Å². The lowest BCUT2D eigenvalue weighted by molar-refractivity contribution is -0.116. The van der Waals surface area contributed by atoms with E-state index in [-0.39, 0.29) is 17.6 Å². The number of rotatable bonds is 2. The summed E-state index contributed by atoms with van der Waals surface area (Å²) in [4.78, 5) is 23.2. The minimum atomic E-state index is -0.342. The predicted molar refractivity (Wildman–Crippen MR) is 72.6 cm³/mol. The third kappa shape index (κ3) is 2.40. The minimum Gasteiger partial charge on any atom is -0.351 e. The van der Waals surface area contributed by atoms with E-state index >= 15 is 0 Å². The topological polar surface area (TPSA) is 84.2 Å². The molecule has 2 heterocycles. The first-order valence-corrected chi connectivity index (χ1v) is 6.29. The van der Waals surface area contributed by atoms with E-state index in [0.717, 1.165) is 11.3 Å². The molecule has 0 saturated carbocycles. The summed E-state index contributed by atoms with van der Waals surface area (Å²) in [5.74, 6) is -0.148. The van der Waals surface area contributed by atoms with Crippen LogP contribution in [0.15, 0.2) is 28.8 Å². The van der Waals surface area contributed by atoms with Crippen LogP contribution in [0.2, 0.25) is 0 Å². The molecule has 6 heteroatoms. The number of fused-ring (bicyclic) bond motifs is 1. The number of nitrogens with zero attached hydrogens (tertiary/aromatic N) is 1. The van der Waals surface area contributed by atoms with Crippen molar-refractivity contribution in [1.29, 1.82) is 0 Å². The summed E-state index contributed by atoms with van der Waals surface area (Å²) < 4.78 is 4.91. The molecule has 2 N–H and O–H groups in total. The van der Waals surface area contributed by atoms with Gasteiger partial charge in [0.15, 0.2) is 0 Å². The van der Waals surface area contributed by atoms with Crippen LogP contribution in [-0.2, 0) is 11.2 Å². The zero-order chi connectivity index (χ0) is 14.1. The Morgan fingerprint density at radius 2 is 2.20 bits per heavy atom. The minimum absolute atomic E-state index is 0.0198. The number of hydrogen-bond donors (Lipinski definition) is 2. The Labute approximate surface area is 115 Å². The van der Waals surface area contributed by atoms with Crippen LogP contribution in [0.3, 0.4) is 0 Å². The highest BCUT2D eigenvalue weighted by molar-refractivity contribution is 6.02. The smallest absolute Gasteiger partial charge is 0.294 e. The van der Waals surface area contributed by atoms with Crippen LogP contribution in [0, 0.1) is 6.92 Å². The lowest BCUT2D eigenvalue weighted by atomic mass is 10.0. The van der Waals surface area contributed by atoms with E-state index in [4.69, 9.17) is 4.52 Å². The Hall–Kier alpha value is -2.63. The van der Waals surface area contributed by atoms with Gasteiger partial charge in [0.1, 0.15) is 0 Å². The molecule has 1 aliphatic rings. The van der Waals surface area contributed by atoms with Crippen molar-refractivity contribution < 1.29 is 14.1 Å². The van der Waals surface area contributed by atoms with E-state index in [2.05, 4.69) is 15.8 Å². The fourth-order valence-electron chi connectivity index (χ4n) is 2.12. The van der Waals surface area contributed by atoms with Gasteiger partial charge in [-0.25, -0.2) is 0 Å². The number of benzene rings is 1. The van der Waals surface area contributed by atoms with Gasteiger partial charge in [0.2, 0.25) is 11.7 Å². The maximum atomic E-state index is 11.9. The quantitative estimate of drug-likeness (QED) is 0.876. The third-order valence-electron chi connectivity index (χ3n) is 3.11. The Morgan fingerprint density at radius 3 is 2.95 bits per heavy atom. The molecule has 6 nitrogen and oxygen atoms in total. The molecule has 2 amide bonds. The van der Waals surface area contributed by atoms with Crippen LogP contribution < -0.4 is 10.6 Å². The summed E-state index contributed by atoms with van der Waals surface area (Å²) in [5, 5.41) is 9.22. The monoisotopic (exact) mass is 271 g/mol. The molecular formula is C14H13N3O3. The van der Waals surface area contributed by atoms with Gasteiger partial charge in [-0.15, -0.1) is 0 Å². The molecule has 102 valence electrons. The normalized spacial score (nSPS) is 13.6. The second kappa shape index (κ2) is 4.80. The average Bonchev–Trinajstić information content (AvgIpc) is 2.86. The first kappa shape index (κ1) is 12.4. The molecule has 0 aliphatic carbocycles. The molecular weight excluding hydrogens is 258 g/mol. The summed E-state index contributed by atoms with van der Waals surface area (Å²) in [6.45, 7) is 1.75. The lowest BCUT2D eigenvalue weighted by Crippen LogP contribution is -2.19. The van der Waals surface area contributed by atoms with Crippen LogP contribution in [0.25, 0.3) is 0 Å². The van der Waals surface area contributed by atoms with Crippen molar-refractivity contribution in [1.82, 2.24) is 5.16 Å². The van der Waals surface area contributed by atoms with E-state index in [0.29, 0.717) is 24.2 Å². The van der Waals surface area contributed by atoms with Crippen molar-refractivity contribution in [2.45, 2.75) is 19.8 Å². The molecule has 20 heavy (non-hydrogen) atoms. The van der Waals surface area contributed by atoms with Crippen molar-refractivity contribution in [2.24, 2.45) is 0 Å². The van der Waals surface area contributed by atoms with Gasteiger partial charge >= 0.3 is 0 Å². The Balaban J connectivity index is 1.78. The van der Waals surface area contributed by atoms with Gasteiger partial charge in [0.25, 0.3) is 5.91 Å². The van der Waals surface area contributed by atoms with E-state index in [9.17, 15) is 9.59 Å². The second-order valence-corrected chi connectivity index (χ2v) is 4.71. The van der Waals surface area contributed by atoms with Gasteiger partial charge in [0.05, 0.1) is 5.69 Å². The maximum Gasteiger partial charge on any atom is 0.294 e. The second-order valence-electron chi connectivity index (χ2n) is 4.71. The lowest BCUT2D eigenvalue weighted by Gasteiger charge is -2.17. The third-order valence-corrected chi connectivity index (χ3v) is 3.11. The van der Waals surface area contributed by atoms with Gasteiger partial charge in [-0.3, -0.25) is 9.59 Å². The van der Waals surface area contributed by atoms with Crippen molar-refractivity contribution in [3.05, 3.63) is 41.3 Å². The zero-order valence-electron chi connectivity index (χ0n) is 10.9. The van der Waals surface area contributed by atoms with Gasteiger partial charge in [-0.05, 0) is 37.1 Å². The first-order chi connectivity index (χ1) is 9.61. The zero-order valence-corrected chi connectivity index (χ0v) is 10.9. The highest BCUT2D eigenvalue weighted by Crippen LogP contribution is 2.25. The average molecular weight is 271 g/mol. The van der Waals surface area contributed by atoms with Crippen molar-refractivity contribution in [3.63, 3.8) is 0 Å². The summed E-state index contributed by atoms with van der Waals surface area (Å²) in [7, 11) is 0. The molecule has 0 radical (unpaired) electrons. The number of aromatic nitrogens is 1. The van der Waals surface area contributed by atoms with Crippen LogP contribution in [-0.4, -0.2) is 17.0 Å². The number of nitrogens with one attached hydrogen (secondary N) is 2. The molecule has 2 aromatic rings. The van der Waals surface area contributed by atoms with Crippen LogP contribution in [0.4, 0.5) is 11.4 Å². The van der Waals surface area contributed by atoms with Crippen molar-refractivity contribution in [2.75, 3.05) is 10.6 Å². The molecule has 0 bridgehead atoms. The first-order valence-electron chi connectivity index (χ1n) is 6.29. The summed E-state index contributed by atoms with van der Waals surface area (Å²) in [5.41, 5.74) is 3.13. The van der Waals surface area contributed by atoms with E-state index < -0.39 is 0 Å². The number of carbonyl (C=O) groups is 2.